The molecule has 1 aromatic rings. The minimum absolute atomic E-state index is 0.0912. The van der Waals surface area contributed by atoms with Gasteiger partial charge in [-0.05, 0) is 50.5 Å². The fourth-order valence-corrected chi connectivity index (χ4v) is 3.37. The van der Waals surface area contributed by atoms with Crippen LogP contribution < -0.4 is 4.90 Å². The first-order valence-corrected chi connectivity index (χ1v) is 8.45. The van der Waals surface area contributed by atoms with E-state index in [4.69, 9.17) is 0 Å². The number of hydrogen-bond acceptors (Lipinski definition) is 3. The molecule has 2 aliphatic rings. The highest BCUT2D eigenvalue weighted by Gasteiger charge is 2.27. The Bertz CT molecular complexity index is 598. The summed E-state index contributed by atoms with van der Waals surface area (Å²) in [6.45, 7) is 4.86. The first-order chi connectivity index (χ1) is 11.1. The molecule has 4 heteroatoms. The third kappa shape index (κ3) is 3.63. The lowest BCUT2D eigenvalue weighted by molar-refractivity contribution is -0.136. The van der Waals surface area contributed by atoms with Crippen molar-refractivity contribution >= 4 is 17.4 Å². The third-order valence-electron chi connectivity index (χ3n) is 4.85. The van der Waals surface area contributed by atoms with Gasteiger partial charge in [0.05, 0.1) is 0 Å². The topological polar surface area (TPSA) is 40.6 Å². The molecule has 0 radical (unpaired) electrons. The van der Waals surface area contributed by atoms with Gasteiger partial charge >= 0.3 is 0 Å². The van der Waals surface area contributed by atoms with Gasteiger partial charge in [0.2, 0.25) is 5.91 Å². The molecule has 1 aliphatic heterocycles. The molecule has 1 saturated heterocycles. The minimum Gasteiger partial charge on any atom is -0.368 e. The molecule has 1 atom stereocenters. The zero-order valence-electron chi connectivity index (χ0n) is 13.7. The van der Waals surface area contributed by atoms with Crippen molar-refractivity contribution in [1.29, 1.82) is 0 Å². The summed E-state index contributed by atoms with van der Waals surface area (Å²) in [5.74, 6) is 0.593. The van der Waals surface area contributed by atoms with Crippen molar-refractivity contribution < 1.29 is 9.59 Å². The molecule has 3 rings (SSSR count). The molecule has 0 bridgehead atoms. The number of piperazine rings is 1. The zero-order valence-corrected chi connectivity index (χ0v) is 13.7. The lowest BCUT2D eigenvalue weighted by atomic mass is 9.93. The number of hydrogen-bond donors (Lipinski definition) is 0. The lowest BCUT2D eigenvalue weighted by Crippen LogP contribution is -2.50. The number of benzene rings is 1. The van der Waals surface area contributed by atoms with Crippen LogP contribution >= 0.6 is 0 Å². The summed E-state index contributed by atoms with van der Waals surface area (Å²) in [5, 5.41) is 0. The van der Waals surface area contributed by atoms with Crippen molar-refractivity contribution in [3.8, 4) is 0 Å². The summed E-state index contributed by atoms with van der Waals surface area (Å²) in [4.78, 5) is 28.2. The number of rotatable bonds is 3. The number of Topliss-reactive ketones (excluding diaryl/α,β-unsaturated/α-hetero) is 1. The first-order valence-electron chi connectivity index (χ1n) is 8.45. The summed E-state index contributed by atoms with van der Waals surface area (Å²) in [6.07, 6.45) is 7.22. The van der Waals surface area contributed by atoms with Gasteiger partial charge in [0.25, 0.3) is 0 Å². The molecule has 0 N–H and O–H groups in total. The maximum atomic E-state index is 12.6. The van der Waals surface area contributed by atoms with Gasteiger partial charge in [-0.15, -0.1) is 0 Å². The van der Waals surface area contributed by atoms with Gasteiger partial charge in [0.1, 0.15) is 0 Å². The summed E-state index contributed by atoms with van der Waals surface area (Å²) in [5.41, 5.74) is 1.87. The standard InChI is InChI=1S/C19H24N2O2/c1-15(22)16-7-9-18(10-8-16)20-11-13-21(14-12-20)19(23)17-5-3-2-4-6-17/h2-3,7-10,17H,4-6,11-14H2,1H3. The number of carbonyl (C=O) groups is 2. The van der Waals surface area contributed by atoms with Crippen molar-refractivity contribution in [3.63, 3.8) is 0 Å². The quantitative estimate of drug-likeness (QED) is 0.636. The summed E-state index contributed by atoms with van der Waals surface area (Å²) >= 11 is 0. The average Bonchev–Trinajstić information content (AvgIpc) is 2.62. The van der Waals surface area contributed by atoms with Gasteiger partial charge in [-0.1, -0.05) is 12.2 Å². The maximum Gasteiger partial charge on any atom is 0.226 e. The van der Waals surface area contributed by atoms with Crippen LogP contribution in [-0.2, 0) is 4.79 Å². The molecule has 1 aromatic carbocycles. The van der Waals surface area contributed by atoms with Crippen LogP contribution in [0.3, 0.4) is 0 Å². The Labute approximate surface area is 137 Å². The van der Waals surface area contributed by atoms with E-state index >= 15 is 0 Å². The van der Waals surface area contributed by atoms with Crippen LogP contribution in [0.2, 0.25) is 0 Å². The van der Waals surface area contributed by atoms with Crippen LogP contribution in [0.25, 0.3) is 0 Å². The van der Waals surface area contributed by atoms with E-state index in [1.54, 1.807) is 6.92 Å². The molecule has 23 heavy (non-hydrogen) atoms. The molecule has 122 valence electrons. The molecule has 1 amide bonds. The smallest absolute Gasteiger partial charge is 0.226 e. The predicted octanol–water partition coefficient (Wildman–Crippen LogP) is 2.89. The maximum absolute atomic E-state index is 12.6. The van der Waals surface area contributed by atoms with Crippen LogP contribution in [-0.4, -0.2) is 42.8 Å². The Morgan fingerprint density at radius 2 is 1.70 bits per heavy atom. The number of nitrogens with zero attached hydrogens (tertiary/aromatic N) is 2. The van der Waals surface area contributed by atoms with Crippen LogP contribution in [0.4, 0.5) is 5.69 Å². The van der Waals surface area contributed by atoms with E-state index in [9.17, 15) is 9.59 Å². The largest absolute Gasteiger partial charge is 0.368 e. The number of carbonyl (C=O) groups excluding carboxylic acids is 2. The van der Waals surface area contributed by atoms with E-state index < -0.39 is 0 Å². The molecule has 0 saturated carbocycles. The third-order valence-corrected chi connectivity index (χ3v) is 4.85. The Morgan fingerprint density at radius 1 is 1.00 bits per heavy atom. The van der Waals surface area contributed by atoms with Crippen molar-refractivity contribution in [2.75, 3.05) is 31.1 Å². The van der Waals surface area contributed by atoms with Crippen molar-refractivity contribution in [3.05, 3.63) is 42.0 Å². The summed E-state index contributed by atoms with van der Waals surface area (Å²) in [6, 6.07) is 7.76. The SMILES string of the molecule is CC(=O)c1ccc(N2CCN(C(=O)C3CC=CCC3)CC2)cc1. The highest BCUT2D eigenvalue weighted by atomic mass is 16.2. The molecular formula is C19H24N2O2. The molecule has 4 nitrogen and oxygen atoms in total. The zero-order chi connectivity index (χ0) is 16.2. The number of amides is 1. The second kappa shape index (κ2) is 6.99. The highest BCUT2D eigenvalue weighted by Crippen LogP contribution is 2.23. The van der Waals surface area contributed by atoms with Gasteiger partial charge < -0.3 is 9.80 Å². The highest BCUT2D eigenvalue weighted by molar-refractivity contribution is 5.94. The Balaban J connectivity index is 1.56. The molecular weight excluding hydrogens is 288 g/mol. The normalized spacial score (nSPS) is 21.3. The Morgan fingerprint density at radius 3 is 2.26 bits per heavy atom. The van der Waals surface area contributed by atoms with Crippen LogP contribution in [0.5, 0.6) is 0 Å². The van der Waals surface area contributed by atoms with Crippen LogP contribution in [0, 0.1) is 5.92 Å². The van der Waals surface area contributed by atoms with E-state index in [1.807, 2.05) is 29.2 Å². The second-order valence-electron chi connectivity index (χ2n) is 6.40. The van der Waals surface area contributed by atoms with Crippen LogP contribution in [0.15, 0.2) is 36.4 Å². The number of allylic oxidation sites excluding steroid dienone is 2. The minimum atomic E-state index is 0.0912. The van der Waals surface area contributed by atoms with Gasteiger partial charge in [-0.25, -0.2) is 0 Å². The van der Waals surface area contributed by atoms with Crippen molar-refractivity contribution in [2.24, 2.45) is 5.92 Å². The van der Waals surface area contributed by atoms with E-state index in [0.29, 0.717) is 5.91 Å². The fourth-order valence-electron chi connectivity index (χ4n) is 3.37. The van der Waals surface area contributed by atoms with E-state index in [1.165, 1.54) is 0 Å². The molecule has 1 fully saturated rings. The molecule has 1 heterocycles. The van der Waals surface area contributed by atoms with Gasteiger partial charge in [0, 0.05) is 43.3 Å². The monoisotopic (exact) mass is 312 g/mol. The first kappa shape index (κ1) is 15.8. The molecule has 1 unspecified atom stereocenters. The Kier molecular flexibility index (Phi) is 4.79. The predicted molar refractivity (Wildman–Crippen MR) is 91.7 cm³/mol. The summed E-state index contributed by atoms with van der Waals surface area (Å²) < 4.78 is 0. The van der Waals surface area contributed by atoms with Gasteiger partial charge in [-0.2, -0.15) is 0 Å². The summed E-state index contributed by atoms with van der Waals surface area (Å²) in [7, 11) is 0. The molecule has 0 aromatic heterocycles. The number of ketones is 1. The molecule has 0 spiro atoms. The van der Waals surface area contributed by atoms with Gasteiger partial charge in [-0.3, -0.25) is 9.59 Å². The van der Waals surface area contributed by atoms with Crippen molar-refractivity contribution in [2.45, 2.75) is 26.2 Å². The van der Waals surface area contributed by atoms with Crippen LogP contribution in [0.1, 0.15) is 36.5 Å². The van der Waals surface area contributed by atoms with E-state index in [-0.39, 0.29) is 11.7 Å². The van der Waals surface area contributed by atoms with E-state index in [2.05, 4.69) is 17.1 Å². The Hall–Kier alpha value is -2.10. The molecule has 1 aliphatic carbocycles. The lowest BCUT2D eigenvalue weighted by Gasteiger charge is -2.37. The van der Waals surface area contributed by atoms with E-state index in [0.717, 1.165) is 56.7 Å². The average molecular weight is 312 g/mol. The van der Waals surface area contributed by atoms with Gasteiger partial charge in [0.15, 0.2) is 5.78 Å². The fraction of sp³-hybridized carbons (Fsp3) is 0.474. The van der Waals surface area contributed by atoms with Crippen molar-refractivity contribution in [1.82, 2.24) is 4.90 Å². The second-order valence-corrected chi connectivity index (χ2v) is 6.40. The number of anilines is 1.